The smallest absolute Gasteiger partial charge is 0.305 e. The summed E-state index contributed by atoms with van der Waals surface area (Å²) in [5.74, 6) is 3.73. The van der Waals surface area contributed by atoms with Crippen LogP contribution < -0.4 is 30.6 Å². The van der Waals surface area contributed by atoms with Gasteiger partial charge in [0.05, 0.1) is 11.4 Å². The van der Waals surface area contributed by atoms with E-state index in [9.17, 15) is 29.4 Å². The number of amides is 4. The molecule has 0 aliphatic heterocycles. The number of benzene rings is 2. The van der Waals surface area contributed by atoms with E-state index in [4.69, 9.17) is 10.2 Å². The molecule has 4 aromatic rings. The van der Waals surface area contributed by atoms with E-state index in [1.165, 1.54) is 22.3 Å². The van der Waals surface area contributed by atoms with Gasteiger partial charge >= 0.3 is 11.8 Å². The molecule has 14 nitrogen and oxygen atoms in total. The van der Waals surface area contributed by atoms with Crippen LogP contribution in [0.4, 0.5) is 11.4 Å². The third kappa shape index (κ3) is 11.9. The van der Waals surface area contributed by atoms with E-state index in [1.54, 1.807) is 9.13 Å². The van der Waals surface area contributed by atoms with Gasteiger partial charge in [-0.2, -0.15) is 19.3 Å². The van der Waals surface area contributed by atoms with E-state index in [-0.39, 0.29) is 47.5 Å². The van der Waals surface area contributed by atoms with Crippen LogP contribution in [0.25, 0.3) is 0 Å². The Labute approximate surface area is 448 Å². The fraction of sp³-hybridized carbons (Fsp3) is 0.548. The Morgan fingerprint density at radius 3 is 1.32 bits per heavy atom. The second-order valence-electron chi connectivity index (χ2n) is 23.7. The number of aromatic nitrogens is 2. The molecule has 76 heavy (non-hydrogen) atoms. The van der Waals surface area contributed by atoms with Crippen molar-refractivity contribution in [3.05, 3.63) is 108 Å². The van der Waals surface area contributed by atoms with Gasteiger partial charge in [0.25, 0.3) is 0 Å². The molecule has 4 saturated carbocycles. The van der Waals surface area contributed by atoms with Crippen molar-refractivity contribution in [2.75, 3.05) is 10.6 Å². The minimum atomic E-state index is -0.171. The zero-order valence-corrected chi connectivity index (χ0v) is 44.8. The average molecular weight is 1030 g/mol. The minimum absolute atomic E-state index is 0.00261. The maximum atomic E-state index is 13.0. The lowest BCUT2D eigenvalue weighted by atomic mass is 9.55. The molecule has 0 unspecified atom stereocenters. The lowest BCUT2D eigenvalue weighted by Crippen LogP contribution is -2.44. The maximum Gasteiger partial charge on any atom is 0.305 e. The molecule has 2 aromatic heterocycles. The molecule has 10 rings (SSSR count). The zero-order chi connectivity index (χ0) is 52.8. The van der Waals surface area contributed by atoms with Crippen LogP contribution in [0.15, 0.2) is 95.7 Å². The number of rotatable bonds is 19. The lowest BCUT2D eigenvalue weighted by molar-refractivity contribution is -0.684. The van der Waals surface area contributed by atoms with E-state index >= 15 is 0 Å². The number of carbonyl (C=O) groups is 4. The van der Waals surface area contributed by atoms with E-state index in [1.807, 2.05) is 73.3 Å². The number of hydrazone groups is 2. The molecule has 0 radical (unpaired) electrons. The first-order chi connectivity index (χ1) is 36.8. The van der Waals surface area contributed by atoms with Crippen LogP contribution in [0, 0.1) is 34.5 Å². The molecule has 2 heterocycles. The van der Waals surface area contributed by atoms with E-state index in [0.717, 1.165) is 140 Å². The Morgan fingerprint density at radius 2 is 0.908 bits per heavy atom. The van der Waals surface area contributed by atoms with Gasteiger partial charge in [0.2, 0.25) is 24.9 Å². The summed E-state index contributed by atoms with van der Waals surface area (Å²) in [6.07, 6.45) is 28.8. The highest BCUT2D eigenvalue weighted by Gasteiger charge is 2.55. The normalized spacial score (nSPS) is 27.0. The molecule has 0 bridgehead atoms. The monoisotopic (exact) mass is 1030 g/mol. The molecule has 6 N–H and O–H groups in total. The van der Waals surface area contributed by atoms with E-state index in [0.29, 0.717) is 71.2 Å². The molecular weight excluding hydrogens is 953 g/mol. The molecule has 6 aliphatic rings. The molecule has 8 atom stereocenters. The van der Waals surface area contributed by atoms with Crippen molar-refractivity contribution in [1.82, 2.24) is 10.9 Å². The number of fused-ring (bicyclic) bond motifs is 10. The van der Waals surface area contributed by atoms with Crippen molar-refractivity contribution in [2.45, 2.75) is 180 Å². The van der Waals surface area contributed by atoms with Gasteiger partial charge in [-0.15, -0.1) is 0 Å². The first kappa shape index (κ1) is 53.0. The molecule has 0 saturated heterocycles. The SMILES string of the molecule is C[C@]12CC[C@@H]3c4ccc(O)cc4CC[C@H]3[C@@H]1CC/C2=N\NC(=O)C[n+]1ccc(NC(=O)CCCCCCCCCCC(=O)Nc2cc[n+](CC(=O)N/N=C3\CC[C@H]4[C@@H]5CCc6cc(O)ccc6[C@H]5CC[C@]34C)cc2)cc1. The van der Waals surface area contributed by atoms with Gasteiger partial charge in [0.1, 0.15) is 11.5 Å². The van der Waals surface area contributed by atoms with Crippen LogP contribution in [0.3, 0.4) is 0 Å². The standard InChI is InChI=1S/C62H78N8O6/c1-61-31-25-49-47-19-15-45(71)37-41(47)13-17-51(49)53(61)21-23-55(61)65-67-59(75)39-69-33-27-43(28-34-69)63-57(73)11-9-7-5-3-4-6-8-10-12-58(74)64-44-29-35-70(36-30-44)40-60(76)68-66-56-24-22-54-52-18-14-42-38-46(72)16-20-48(42)50(52)26-32-62(54,56)2/h15-16,19-20,27-30,33-38,49-54H,3-14,17-18,21-26,31-32,39-40H2,1-2H3,(H4,67,68,71,72,75,76)/p+2/b65-55+,66-56+/t49-,50-,51-,52-,53+,54+,61+,62+/m1/s1. The summed E-state index contributed by atoms with van der Waals surface area (Å²) < 4.78 is 3.59. The average Bonchev–Trinajstić information content (AvgIpc) is 3.97. The number of nitrogens with zero attached hydrogens (tertiary/aromatic N) is 4. The predicted molar refractivity (Wildman–Crippen MR) is 293 cm³/mol. The molecule has 0 spiro atoms. The van der Waals surface area contributed by atoms with Gasteiger partial charge < -0.3 is 20.8 Å². The molecule has 2 aromatic carbocycles. The zero-order valence-electron chi connectivity index (χ0n) is 44.8. The quantitative estimate of drug-likeness (QED) is 0.0308. The molecule has 4 amide bonds. The third-order valence-electron chi connectivity index (χ3n) is 19.1. The van der Waals surface area contributed by atoms with Crippen LogP contribution in [-0.2, 0) is 45.1 Å². The third-order valence-corrected chi connectivity index (χ3v) is 19.1. The number of hydrogen-bond donors (Lipinski definition) is 6. The van der Waals surface area contributed by atoms with Gasteiger partial charge in [-0.1, -0.05) is 64.5 Å². The van der Waals surface area contributed by atoms with Crippen LogP contribution in [0.2, 0.25) is 0 Å². The predicted octanol–water partition coefficient (Wildman–Crippen LogP) is 10.2. The van der Waals surface area contributed by atoms with Crippen molar-refractivity contribution in [2.24, 2.45) is 44.7 Å². The Bertz CT molecular complexity index is 2640. The number of phenols is 2. The number of phenolic OH excluding ortho intramolecular Hbond substituents is 2. The first-order valence-electron chi connectivity index (χ1n) is 28.8. The van der Waals surface area contributed by atoms with Crippen LogP contribution in [0.5, 0.6) is 11.5 Å². The number of aryl methyl sites for hydroxylation is 2. The molecule has 402 valence electrons. The summed E-state index contributed by atoms with van der Waals surface area (Å²) in [5.41, 5.74) is 14.8. The highest BCUT2D eigenvalue weighted by molar-refractivity contribution is 5.94. The number of aromatic hydroxyl groups is 2. The highest BCUT2D eigenvalue weighted by Crippen LogP contribution is 2.61. The molecular formula is C62H80N8O6+2. The lowest BCUT2D eigenvalue weighted by Gasteiger charge is -2.49. The first-order valence-corrected chi connectivity index (χ1v) is 28.8. The summed E-state index contributed by atoms with van der Waals surface area (Å²) in [6, 6.07) is 19.1. The molecule has 14 heteroatoms. The number of hydrogen-bond acceptors (Lipinski definition) is 8. The molecule has 4 fully saturated rings. The van der Waals surface area contributed by atoms with E-state index < -0.39 is 0 Å². The van der Waals surface area contributed by atoms with Crippen LogP contribution >= 0.6 is 0 Å². The second-order valence-corrected chi connectivity index (χ2v) is 23.7. The van der Waals surface area contributed by atoms with Crippen molar-refractivity contribution in [3.8, 4) is 11.5 Å². The fourth-order valence-corrected chi connectivity index (χ4v) is 15.1. The number of nitrogens with one attached hydrogen (secondary N) is 4. The highest BCUT2D eigenvalue weighted by atomic mass is 16.3. The number of carbonyl (C=O) groups excluding carboxylic acids is 4. The summed E-state index contributed by atoms with van der Waals surface area (Å²) in [7, 11) is 0. The topological polar surface area (TPSA) is 189 Å². The van der Waals surface area contributed by atoms with Crippen molar-refractivity contribution in [3.63, 3.8) is 0 Å². The Hall–Kier alpha value is -6.44. The van der Waals surface area contributed by atoms with Crippen molar-refractivity contribution >= 4 is 46.4 Å². The fourth-order valence-electron chi connectivity index (χ4n) is 15.1. The summed E-state index contributed by atoms with van der Waals surface area (Å²) in [6.45, 7) is 4.97. The Balaban J connectivity index is 0.547. The Kier molecular flexibility index (Phi) is 16.3. The Morgan fingerprint density at radius 1 is 0.513 bits per heavy atom. The number of unbranched alkanes of at least 4 members (excludes halogenated alkanes) is 7. The largest absolute Gasteiger partial charge is 0.508 e. The van der Waals surface area contributed by atoms with Gasteiger partial charge in [0, 0.05) is 59.4 Å². The molecule has 6 aliphatic carbocycles. The number of anilines is 2. The summed E-state index contributed by atoms with van der Waals surface area (Å²) >= 11 is 0. The van der Waals surface area contributed by atoms with Gasteiger partial charge in [0.15, 0.2) is 24.8 Å². The van der Waals surface area contributed by atoms with Gasteiger partial charge in [-0.25, -0.2) is 10.9 Å². The van der Waals surface area contributed by atoms with Gasteiger partial charge in [-0.3, -0.25) is 19.2 Å². The summed E-state index contributed by atoms with van der Waals surface area (Å²) in [4.78, 5) is 51.4. The second kappa shape index (κ2) is 23.4. The van der Waals surface area contributed by atoms with Crippen molar-refractivity contribution < 1.29 is 38.5 Å². The van der Waals surface area contributed by atoms with Crippen LogP contribution in [0.1, 0.15) is 176 Å². The number of pyridine rings is 2. The van der Waals surface area contributed by atoms with Gasteiger partial charge in [-0.05, 0) is 172 Å². The van der Waals surface area contributed by atoms with Crippen molar-refractivity contribution in [1.29, 1.82) is 0 Å². The van der Waals surface area contributed by atoms with E-state index in [2.05, 4.69) is 47.5 Å². The van der Waals surface area contributed by atoms with Crippen LogP contribution in [-0.4, -0.2) is 45.3 Å². The minimum Gasteiger partial charge on any atom is -0.508 e. The summed E-state index contributed by atoms with van der Waals surface area (Å²) in [5, 5.41) is 35.5. The maximum absolute atomic E-state index is 13.0.